The molecule has 0 atom stereocenters. The van der Waals surface area contributed by atoms with Crippen LogP contribution >= 0.6 is 23.2 Å². The molecule has 1 rings (SSSR count). The van der Waals surface area contributed by atoms with Gasteiger partial charge in [0.15, 0.2) is 0 Å². The quantitative estimate of drug-likeness (QED) is 0.665. The lowest BCUT2D eigenvalue weighted by atomic mass is 10.2. The zero-order valence-electron chi connectivity index (χ0n) is 5.70. The van der Waals surface area contributed by atoms with Gasteiger partial charge in [-0.15, -0.1) is 0 Å². The van der Waals surface area contributed by atoms with Crippen molar-refractivity contribution in [2.75, 3.05) is 0 Å². The molecule has 0 saturated heterocycles. The largest absolute Gasteiger partial charge is 0.291 e. The van der Waals surface area contributed by atoms with Gasteiger partial charge in [0.1, 0.15) is 0 Å². The molecule has 0 saturated carbocycles. The van der Waals surface area contributed by atoms with Gasteiger partial charge in [0.2, 0.25) is 5.75 Å². The molecule has 0 heterocycles. The first-order valence-electron chi connectivity index (χ1n) is 2.89. The van der Waals surface area contributed by atoms with Crippen molar-refractivity contribution in [3.8, 4) is 5.75 Å². The van der Waals surface area contributed by atoms with E-state index >= 15 is 0 Å². The highest BCUT2D eigenvalue weighted by atomic mass is 35.5. The molecular formula is C7H5Cl2FO. The predicted molar refractivity (Wildman–Crippen MR) is 42.9 cm³/mol. The molecule has 0 N–H and O–H groups in total. The third-order valence-electron chi connectivity index (χ3n) is 1.22. The second-order valence-electron chi connectivity index (χ2n) is 2.13. The van der Waals surface area contributed by atoms with Crippen LogP contribution in [0.5, 0.6) is 5.75 Å². The van der Waals surface area contributed by atoms with E-state index in [1.54, 1.807) is 19.1 Å². The van der Waals surface area contributed by atoms with Crippen LogP contribution in [-0.2, 0) is 0 Å². The summed E-state index contributed by atoms with van der Waals surface area (Å²) in [7, 11) is 0. The lowest BCUT2D eigenvalue weighted by molar-refractivity contribution is -0.00595. The summed E-state index contributed by atoms with van der Waals surface area (Å²) in [6.45, 7) is 1.81. The standard InChI is InChI=1S/C7H5Cl2FO/c1-4-2-5(8)7(11-10)6(9)3-4/h2-3H,1H3. The number of aryl methyl sites for hydroxylation is 1. The third kappa shape index (κ3) is 1.76. The minimum Gasteiger partial charge on any atom is -0.291 e. The molecule has 4 heteroatoms. The molecule has 0 spiro atoms. The summed E-state index contributed by atoms with van der Waals surface area (Å²) < 4.78 is 11.7. The van der Waals surface area contributed by atoms with E-state index in [-0.39, 0.29) is 15.8 Å². The van der Waals surface area contributed by atoms with Gasteiger partial charge in [-0.05, 0) is 24.6 Å². The van der Waals surface area contributed by atoms with Gasteiger partial charge in [-0.2, -0.15) is 0 Å². The summed E-state index contributed by atoms with van der Waals surface area (Å²) in [4.78, 5) is 3.47. The maximum atomic E-state index is 11.7. The smallest absolute Gasteiger partial charge is 0.208 e. The first kappa shape index (κ1) is 8.62. The molecule has 1 nitrogen and oxygen atoms in total. The van der Waals surface area contributed by atoms with E-state index in [4.69, 9.17) is 23.2 Å². The van der Waals surface area contributed by atoms with Crippen LogP contribution in [0.25, 0.3) is 0 Å². The molecule has 1 aromatic rings. The van der Waals surface area contributed by atoms with Crippen LogP contribution in [-0.4, -0.2) is 0 Å². The lowest BCUT2D eigenvalue weighted by Crippen LogP contribution is -1.81. The zero-order valence-corrected chi connectivity index (χ0v) is 7.21. The predicted octanol–water partition coefficient (Wildman–Crippen LogP) is 3.57. The van der Waals surface area contributed by atoms with E-state index < -0.39 is 0 Å². The molecule has 0 amide bonds. The molecule has 0 aliphatic rings. The van der Waals surface area contributed by atoms with E-state index in [2.05, 4.69) is 4.94 Å². The van der Waals surface area contributed by atoms with Gasteiger partial charge >= 0.3 is 0 Å². The summed E-state index contributed by atoms with van der Waals surface area (Å²) in [5.74, 6) is -0.126. The second-order valence-corrected chi connectivity index (χ2v) is 2.95. The molecule has 0 radical (unpaired) electrons. The summed E-state index contributed by atoms with van der Waals surface area (Å²) in [5, 5.41) is 0.356. The van der Waals surface area contributed by atoms with E-state index in [0.717, 1.165) is 5.56 Å². The summed E-state index contributed by atoms with van der Waals surface area (Å²) >= 11 is 11.2. The van der Waals surface area contributed by atoms with Crippen LogP contribution in [0.2, 0.25) is 10.0 Å². The Morgan fingerprint density at radius 2 is 1.73 bits per heavy atom. The van der Waals surface area contributed by atoms with Crippen LogP contribution < -0.4 is 4.94 Å². The molecule has 0 aromatic heterocycles. The van der Waals surface area contributed by atoms with Crippen LogP contribution in [0.4, 0.5) is 4.53 Å². The Morgan fingerprint density at radius 1 is 1.27 bits per heavy atom. The lowest BCUT2D eigenvalue weighted by Gasteiger charge is -2.01. The number of hydrogen-bond donors (Lipinski definition) is 0. The summed E-state index contributed by atoms with van der Waals surface area (Å²) in [6, 6.07) is 3.14. The second kappa shape index (κ2) is 3.28. The molecule has 0 aliphatic heterocycles. The average Bonchev–Trinajstić information content (AvgIpc) is 1.85. The van der Waals surface area contributed by atoms with Gasteiger partial charge in [-0.3, -0.25) is 4.94 Å². The number of hydrogen-bond acceptors (Lipinski definition) is 1. The number of rotatable bonds is 1. The Hall–Kier alpha value is -0.470. The van der Waals surface area contributed by atoms with Crippen molar-refractivity contribution in [1.29, 1.82) is 0 Å². The molecule has 0 fully saturated rings. The highest BCUT2D eigenvalue weighted by Crippen LogP contribution is 2.33. The van der Waals surface area contributed by atoms with Crippen molar-refractivity contribution in [2.24, 2.45) is 0 Å². The first-order valence-corrected chi connectivity index (χ1v) is 3.65. The van der Waals surface area contributed by atoms with Gasteiger partial charge in [0.25, 0.3) is 0 Å². The molecule has 0 aliphatic carbocycles. The van der Waals surface area contributed by atoms with Crippen molar-refractivity contribution >= 4 is 23.2 Å². The Balaban J connectivity index is 3.25. The highest BCUT2D eigenvalue weighted by Gasteiger charge is 2.08. The minimum absolute atomic E-state index is 0.126. The zero-order chi connectivity index (χ0) is 8.43. The fourth-order valence-corrected chi connectivity index (χ4v) is 1.41. The molecule has 0 unspecified atom stereocenters. The maximum Gasteiger partial charge on any atom is 0.208 e. The Morgan fingerprint density at radius 3 is 2.09 bits per heavy atom. The fraction of sp³-hybridized carbons (Fsp3) is 0.143. The Kier molecular flexibility index (Phi) is 2.58. The maximum absolute atomic E-state index is 11.7. The van der Waals surface area contributed by atoms with Gasteiger partial charge < -0.3 is 0 Å². The Bertz CT molecular complexity index is 252. The number of halogens is 3. The van der Waals surface area contributed by atoms with Crippen LogP contribution in [0.1, 0.15) is 5.56 Å². The monoisotopic (exact) mass is 194 g/mol. The van der Waals surface area contributed by atoms with E-state index in [1.165, 1.54) is 0 Å². The van der Waals surface area contributed by atoms with Crippen LogP contribution in [0.15, 0.2) is 12.1 Å². The molecular weight excluding hydrogens is 190 g/mol. The average molecular weight is 195 g/mol. The number of benzene rings is 1. The van der Waals surface area contributed by atoms with Crippen molar-refractivity contribution < 1.29 is 9.47 Å². The Labute approximate surface area is 73.6 Å². The SMILES string of the molecule is Cc1cc(Cl)c(OF)c(Cl)c1. The van der Waals surface area contributed by atoms with Crippen molar-refractivity contribution in [1.82, 2.24) is 0 Å². The summed E-state index contributed by atoms with van der Waals surface area (Å²) in [5.41, 5.74) is 0.862. The van der Waals surface area contributed by atoms with E-state index in [9.17, 15) is 4.53 Å². The molecule has 1 aromatic carbocycles. The fourth-order valence-electron chi connectivity index (χ4n) is 0.760. The first-order chi connectivity index (χ1) is 5.15. The van der Waals surface area contributed by atoms with E-state index in [0.29, 0.717) is 0 Å². The summed E-state index contributed by atoms with van der Waals surface area (Å²) in [6.07, 6.45) is 0. The normalized spacial score (nSPS) is 9.82. The van der Waals surface area contributed by atoms with Crippen molar-refractivity contribution in [3.63, 3.8) is 0 Å². The molecule has 0 bridgehead atoms. The van der Waals surface area contributed by atoms with Gasteiger partial charge in [0, 0.05) is 4.53 Å². The van der Waals surface area contributed by atoms with Gasteiger partial charge in [-0.25, -0.2) is 0 Å². The topological polar surface area (TPSA) is 9.23 Å². The van der Waals surface area contributed by atoms with Gasteiger partial charge in [0.05, 0.1) is 10.0 Å². The van der Waals surface area contributed by atoms with Crippen LogP contribution in [0.3, 0.4) is 0 Å². The van der Waals surface area contributed by atoms with Crippen molar-refractivity contribution in [3.05, 3.63) is 27.7 Å². The molecule has 60 valence electrons. The molecule has 11 heavy (non-hydrogen) atoms. The highest BCUT2D eigenvalue weighted by molar-refractivity contribution is 6.37. The third-order valence-corrected chi connectivity index (χ3v) is 1.78. The van der Waals surface area contributed by atoms with E-state index in [1.807, 2.05) is 0 Å². The van der Waals surface area contributed by atoms with Gasteiger partial charge in [-0.1, -0.05) is 23.2 Å². The van der Waals surface area contributed by atoms with Crippen LogP contribution in [0, 0.1) is 6.92 Å². The minimum atomic E-state index is -0.126. The van der Waals surface area contributed by atoms with Crippen molar-refractivity contribution in [2.45, 2.75) is 6.92 Å².